The highest BCUT2D eigenvalue weighted by molar-refractivity contribution is 8.00. The minimum absolute atomic E-state index is 0.0848. The third-order valence-electron chi connectivity index (χ3n) is 5.02. The Kier molecular flexibility index (Phi) is 6.21. The van der Waals surface area contributed by atoms with Crippen molar-refractivity contribution in [3.8, 4) is 0 Å². The number of carbonyl (C=O) groups excluding carboxylic acids is 2. The third kappa shape index (κ3) is 4.91. The van der Waals surface area contributed by atoms with E-state index in [1.807, 2.05) is 36.9 Å². The van der Waals surface area contributed by atoms with Gasteiger partial charge in [0.05, 0.1) is 10.9 Å². The van der Waals surface area contributed by atoms with Gasteiger partial charge in [0.15, 0.2) is 5.16 Å². The van der Waals surface area contributed by atoms with Crippen LogP contribution in [0.5, 0.6) is 0 Å². The normalized spacial score (nSPS) is 16.3. The minimum atomic E-state index is -0.262. The van der Waals surface area contributed by atoms with Gasteiger partial charge in [0.25, 0.3) is 0 Å². The molecule has 3 N–H and O–H groups in total. The van der Waals surface area contributed by atoms with Crippen LogP contribution >= 0.6 is 11.8 Å². The SMILES string of the molecule is Cc1[nH]c(SC(C)C(=O)N2CCC(C(N)=O)CC2)nc1Cc1ccccc1. The molecule has 0 radical (unpaired) electrons. The van der Waals surface area contributed by atoms with Crippen molar-refractivity contribution in [1.82, 2.24) is 14.9 Å². The van der Waals surface area contributed by atoms with E-state index in [1.165, 1.54) is 17.3 Å². The smallest absolute Gasteiger partial charge is 0.235 e. The van der Waals surface area contributed by atoms with Crippen molar-refractivity contribution in [3.63, 3.8) is 0 Å². The topological polar surface area (TPSA) is 92.1 Å². The molecule has 0 spiro atoms. The molecule has 27 heavy (non-hydrogen) atoms. The fourth-order valence-corrected chi connectivity index (χ4v) is 4.30. The molecule has 144 valence electrons. The Morgan fingerprint density at radius 3 is 2.59 bits per heavy atom. The van der Waals surface area contributed by atoms with Gasteiger partial charge in [-0.15, -0.1) is 0 Å². The number of rotatable bonds is 6. The van der Waals surface area contributed by atoms with Crippen molar-refractivity contribution in [3.05, 3.63) is 47.3 Å². The van der Waals surface area contributed by atoms with Crippen LogP contribution in [0.1, 0.15) is 36.7 Å². The summed E-state index contributed by atoms with van der Waals surface area (Å²) in [4.78, 5) is 33.8. The number of carbonyl (C=O) groups is 2. The van der Waals surface area contributed by atoms with E-state index in [-0.39, 0.29) is 23.0 Å². The van der Waals surface area contributed by atoms with Gasteiger partial charge < -0.3 is 15.6 Å². The zero-order valence-corrected chi connectivity index (χ0v) is 16.6. The first-order valence-corrected chi connectivity index (χ1v) is 10.2. The van der Waals surface area contributed by atoms with Gasteiger partial charge in [0.2, 0.25) is 11.8 Å². The van der Waals surface area contributed by atoms with Crippen LogP contribution in [0.25, 0.3) is 0 Å². The molecule has 2 heterocycles. The number of amides is 2. The van der Waals surface area contributed by atoms with Crippen LogP contribution in [-0.4, -0.2) is 45.0 Å². The summed E-state index contributed by atoms with van der Waals surface area (Å²) >= 11 is 1.45. The number of primary amides is 1. The third-order valence-corrected chi connectivity index (χ3v) is 6.00. The van der Waals surface area contributed by atoms with Crippen LogP contribution in [0.4, 0.5) is 0 Å². The first-order chi connectivity index (χ1) is 12.9. The number of H-pyrrole nitrogens is 1. The first kappa shape index (κ1) is 19.5. The van der Waals surface area contributed by atoms with Crippen molar-refractivity contribution in [2.75, 3.05) is 13.1 Å². The molecule has 1 aromatic carbocycles. The number of aryl methyl sites for hydroxylation is 1. The predicted molar refractivity (Wildman–Crippen MR) is 106 cm³/mol. The van der Waals surface area contributed by atoms with Gasteiger partial charge in [0, 0.05) is 31.1 Å². The molecule has 2 aromatic rings. The number of aromatic nitrogens is 2. The number of piperidine rings is 1. The van der Waals surface area contributed by atoms with Gasteiger partial charge in [-0.2, -0.15) is 0 Å². The van der Waals surface area contributed by atoms with Gasteiger partial charge in [-0.05, 0) is 32.3 Å². The summed E-state index contributed by atoms with van der Waals surface area (Å²) < 4.78 is 0. The zero-order chi connectivity index (χ0) is 19.4. The predicted octanol–water partition coefficient (Wildman–Crippen LogP) is 2.51. The number of nitrogens with zero attached hydrogens (tertiary/aromatic N) is 2. The van der Waals surface area contributed by atoms with Crippen LogP contribution in [0.15, 0.2) is 35.5 Å². The lowest BCUT2D eigenvalue weighted by Gasteiger charge is -2.32. The summed E-state index contributed by atoms with van der Waals surface area (Å²) in [7, 11) is 0. The lowest BCUT2D eigenvalue weighted by atomic mass is 9.96. The number of nitrogens with two attached hydrogens (primary N) is 1. The molecule has 0 bridgehead atoms. The quantitative estimate of drug-likeness (QED) is 0.746. The van der Waals surface area contributed by atoms with Crippen molar-refractivity contribution in [1.29, 1.82) is 0 Å². The van der Waals surface area contributed by atoms with Gasteiger partial charge in [-0.3, -0.25) is 9.59 Å². The van der Waals surface area contributed by atoms with Crippen LogP contribution in [-0.2, 0) is 16.0 Å². The van der Waals surface area contributed by atoms with E-state index in [1.54, 1.807) is 0 Å². The molecule has 1 unspecified atom stereocenters. The number of hydrogen-bond donors (Lipinski definition) is 2. The average Bonchev–Trinajstić information content (AvgIpc) is 3.00. The number of benzene rings is 1. The molecule has 1 saturated heterocycles. The molecule has 1 aliphatic heterocycles. The minimum Gasteiger partial charge on any atom is -0.369 e. The molecular formula is C20H26N4O2S. The number of thioether (sulfide) groups is 1. The Morgan fingerprint density at radius 2 is 1.96 bits per heavy atom. The van der Waals surface area contributed by atoms with Crippen LogP contribution in [0, 0.1) is 12.8 Å². The molecule has 0 saturated carbocycles. The van der Waals surface area contributed by atoms with Crippen molar-refractivity contribution >= 4 is 23.6 Å². The molecule has 2 amide bonds. The molecular weight excluding hydrogens is 360 g/mol. The van der Waals surface area contributed by atoms with Gasteiger partial charge >= 0.3 is 0 Å². The van der Waals surface area contributed by atoms with Crippen molar-refractivity contribution in [2.24, 2.45) is 11.7 Å². The molecule has 7 heteroatoms. The van der Waals surface area contributed by atoms with E-state index in [0.29, 0.717) is 25.9 Å². The number of likely N-dealkylation sites (tertiary alicyclic amines) is 1. The molecule has 1 atom stereocenters. The van der Waals surface area contributed by atoms with Gasteiger partial charge in [-0.25, -0.2) is 4.98 Å². The maximum atomic E-state index is 12.7. The maximum absolute atomic E-state index is 12.7. The molecule has 1 aliphatic rings. The number of aromatic amines is 1. The lowest BCUT2D eigenvalue weighted by molar-refractivity contribution is -0.134. The summed E-state index contributed by atoms with van der Waals surface area (Å²) in [5.74, 6) is -0.284. The molecule has 1 aromatic heterocycles. The summed E-state index contributed by atoms with van der Waals surface area (Å²) in [5, 5.41) is 0.538. The van der Waals surface area contributed by atoms with E-state index in [0.717, 1.165) is 23.0 Å². The van der Waals surface area contributed by atoms with Crippen LogP contribution in [0.2, 0.25) is 0 Å². The second kappa shape index (κ2) is 8.61. The zero-order valence-electron chi connectivity index (χ0n) is 15.8. The number of hydrogen-bond acceptors (Lipinski definition) is 4. The monoisotopic (exact) mass is 386 g/mol. The van der Waals surface area contributed by atoms with Gasteiger partial charge in [-0.1, -0.05) is 42.1 Å². The highest BCUT2D eigenvalue weighted by atomic mass is 32.2. The largest absolute Gasteiger partial charge is 0.369 e. The second-order valence-corrected chi connectivity index (χ2v) is 8.37. The Morgan fingerprint density at radius 1 is 1.30 bits per heavy atom. The van der Waals surface area contributed by atoms with Crippen molar-refractivity contribution in [2.45, 2.75) is 43.5 Å². The van der Waals surface area contributed by atoms with E-state index >= 15 is 0 Å². The Hall–Kier alpha value is -2.28. The van der Waals surface area contributed by atoms with E-state index in [9.17, 15) is 9.59 Å². The fourth-order valence-electron chi connectivity index (χ4n) is 3.34. The molecule has 0 aliphatic carbocycles. The fraction of sp³-hybridized carbons (Fsp3) is 0.450. The highest BCUT2D eigenvalue weighted by Gasteiger charge is 2.29. The number of imidazole rings is 1. The lowest BCUT2D eigenvalue weighted by Crippen LogP contribution is -2.44. The molecule has 1 fully saturated rings. The van der Waals surface area contributed by atoms with E-state index in [2.05, 4.69) is 22.1 Å². The summed E-state index contributed by atoms with van der Waals surface area (Å²) in [6.45, 7) is 5.10. The summed E-state index contributed by atoms with van der Waals surface area (Å²) in [6, 6.07) is 10.2. The summed E-state index contributed by atoms with van der Waals surface area (Å²) in [6.07, 6.45) is 2.08. The average molecular weight is 387 g/mol. The maximum Gasteiger partial charge on any atom is 0.235 e. The highest BCUT2D eigenvalue weighted by Crippen LogP contribution is 2.26. The van der Waals surface area contributed by atoms with Crippen molar-refractivity contribution < 1.29 is 9.59 Å². The first-order valence-electron chi connectivity index (χ1n) is 9.28. The molecule has 3 rings (SSSR count). The summed E-state index contributed by atoms with van der Waals surface area (Å²) in [5.41, 5.74) is 8.61. The Labute approximate surface area is 163 Å². The Balaban J connectivity index is 1.58. The molecule has 6 nitrogen and oxygen atoms in total. The van der Waals surface area contributed by atoms with E-state index < -0.39 is 0 Å². The second-order valence-electron chi connectivity index (χ2n) is 7.04. The standard InChI is InChI=1S/C20H26N4O2S/c1-13-17(12-15-6-4-3-5-7-15)23-20(22-13)27-14(2)19(26)24-10-8-16(9-11-24)18(21)25/h3-7,14,16H,8-12H2,1-2H3,(H2,21,25)(H,22,23). The van der Waals surface area contributed by atoms with Crippen LogP contribution in [0.3, 0.4) is 0 Å². The number of nitrogens with one attached hydrogen (secondary N) is 1. The Bertz CT molecular complexity index is 798. The van der Waals surface area contributed by atoms with Crippen LogP contribution < -0.4 is 5.73 Å². The van der Waals surface area contributed by atoms with Gasteiger partial charge in [0.1, 0.15) is 0 Å². The van der Waals surface area contributed by atoms with E-state index in [4.69, 9.17) is 5.73 Å².